The third kappa shape index (κ3) is 4.80. The highest BCUT2D eigenvalue weighted by Gasteiger charge is 2.17. The second-order valence-electron chi connectivity index (χ2n) is 4.74. The number of nitrogens with zero attached hydrogens (tertiary/aromatic N) is 1. The number of carbonyl (C=O) groups excluding carboxylic acids is 2. The maximum atomic E-state index is 12.5. The van der Waals surface area contributed by atoms with E-state index in [0.29, 0.717) is 12.3 Å². The van der Waals surface area contributed by atoms with Crippen LogP contribution in [0.15, 0.2) is 41.8 Å². The molecule has 0 aliphatic carbocycles. The van der Waals surface area contributed by atoms with Gasteiger partial charge in [0.05, 0.1) is 26.7 Å². The Kier molecular flexibility index (Phi) is 6.13. The second kappa shape index (κ2) is 8.30. The molecule has 0 aliphatic heterocycles. The minimum absolute atomic E-state index is 0.0898. The minimum atomic E-state index is -0.357. The van der Waals surface area contributed by atoms with E-state index in [2.05, 4.69) is 5.32 Å². The molecular formula is C16H19N3O3S. The van der Waals surface area contributed by atoms with E-state index in [-0.39, 0.29) is 24.9 Å². The quantitative estimate of drug-likeness (QED) is 0.801. The molecule has 122 valence electrons. The Hall–Kier alpha value is -2.38. The molecule has 0 saturated carbocycles. The molecule has 0 bridgehead atoms. The van der Waals surface area contributed by atoms with Gasteiger partial charge >= 0.3 is 0 Å². The van der Waals surface area contributed by atoms with E-state index in [9.17, 15) is 9.59 Å². The molecule has 0 saturated heterocycles. The monoisotopic (exact) mass is 333 g/mol. The number of hydrogen-bond donors (Lipinski definition) is 2. The summed E-state index contributed by atoms with van der Waals surface area (Å²) in [4.78, 5) is 26.4. The Morgan fingerprint density at radius 1 is 1.26 bits per heavy atom. The first-order valence-electron chi connectivity index (χ1n) is 7.07. The minimum Gasteiger partial charge on any atom is -0.497 e. The summed E-state index contributed by atoms with van der Waals surface area (Å²) in [6.07, 6.45) is 0. The van der Waals surface area contributed by atoms with Crippen molar-refractivity contribution in [3.05, 3.63) is 46.7 Å². The zero-order valence-electron chi connectivity index (χ0n) is 12.8. The van der Waals surface area contributed by atoms with E-state index >= 15 is 0 Å². The number of benzene rings is 1. The molecule has 6 nitrogen and oxygen atoms in total. The predicted molar refractivity (Wildman–Crippen MR) is 90.6 cm³/mol. The number of carbonyl (C=O) groups is 2. The number of anilines is 1. The highest BCUT2D eigenvalue weighted by atomic mass is 32.1. The average molecular weight is 333 g/mol. The third-order valence-corrected chi connectivity index (χ3v) is 4.06. The van der Waals surface area contributed by atoms with E-state index in [1.807, 2.05) is 29.6 Å². The van der Waals surface area contributed by atoms with Crippen molar-refractivity contribution in [3.8, 4) is 5.75 Å². The number of ether oxygens (including phenoxy) is 1. The van der Waals surface area contributed by atoms with Crippen molar-refractivity contribution in [2.45, 2.75) is 6.54 Å². The Bertz CT molecular complexity index is 641. The number of hydrogen-bond acceptors (Lipinski definition) is 5. The molecule has 0 fully saturated rings. The van der Waals surface area contributed by atoms with Crippen molar-refractivity contribution in [2.24, 2.45) is 5.73 Å². The Labute approximate surface area is 138 Å². The fourth-order valence-corrected chi connectivity index (χ4v) is 2.68. The van der Waals surface area contributed by atoms with Gasteiger partial charge in [-0.2, -0.15) is 0 Å². The van der Waals surface area contributed by atoms with Gasteiger partial charge in [-0.1, -0.05) is 6.07 Å². The van der Waals surface area contributed by atoms with Crippen LogP contribution in [0.4, 0.5) is 5.69 Å². The smallest absolute Gasteiger partial charge is 0.246 e. The van der Waals surface area contributed by atoms with Gasteiger partial charge in [0.25, 0.3) is 0 Å². The molecule has 1 aromatic heterocycles. The highest BCUT2D eigenvalue weighted by Crippen LogP contribution is 2.22. The number of methoxy groups -OCH3 is 1. The van der Waals surface area contributed by atoms with Crippen molar-refractivity contribution in [1.82, 2.24) is 5.32 Å². The van der Waals surface area contributed by atoms with E-state index in [4.69, 9.17) is 10.5 Å². The van der Waals surface area contributed by atoms with Crippen LogP contribution in [0, 0.1) is 0 Å². The fourth-order valence-electron chi connectivity index (χ4n) is 1.99. The van der Waals surface area contributed by atoms with E-state index in [1.54, 1.807) is 35.5 Å². The first kappa shape index (κ1) is 17.0. The SMILES string of the molecule is COc1ccc(N(Cc2cccs2)C(=O)CNC(=O)CN)cc1. The molecule has 0 aliphatic rings. The van der Waals surface area contributed by atoms with Crippen LogP contribution in [0.25, 0.3) is 0 Å². The Balaban J connectivity index is 2.16. The lowest BCUT2D eigenvalue weighted by Crippen LogP contribution is -2.41. The standard InChI is InChI=1S/C16H19N3O3S/c1-22-13-6-4-12(5-7-13)19(11-14-3-2-8-23-14)16(21)10-18-15(20)9-17/h2-8H,9-11,17H2,1H3,(H,18,20). The number of amides is 2. The van der Waals surface area contributed by atoms with Crippen LogP contribution in [0.5, 0.6) is 5.75 Å². The van der Waals surface area contributed by atoms with Crippen molar-refractivity contribution < 1.29 is 14.3 Å². The molecule has 1 aromatic carbocycles. The number of thiophene rings is 1. The maximum Gasteiger partial charge on any atom is 0.246 e. The third-order valence-electron chi connectivity index (χ3n) is 3.20. The average Bonchev–Trinajstić information content (AvgIpc) is 3.10. The summed E-state index contributed by atoms with van der Waals surface area (Å²) in [5, 5.41) is 4.47. The van der Waals surface area contributed by atoms with Gasteiger partial charge in [0.2, 0.25) is 11.8 Å². The molecule has 3 N–H and O–H groups in total. The largest absolute Gasteiger partial charge is 0.497 e. The fraction of sp³-hybridized carbons (Fsp3) is 0.250. The summed E-state index contributed by atoms with van der Waals surface area (Å²) >= 11 is 1.57. The van der Waals surface area contributed by atoms with Crippen molar-refractivity contribution >= 4 is 28.8 Å². The molecule has 2 aromatic rings. The summed E-state index contributed by atoms with van der Waals surface area (Å²) in [5.41, 5.74) is 5.98. The van der Waals surface area contributed by atoms with Crippen LogP contribution >= 0.6 is 11.3 Å². The molecule has 2 rings (SSSR count). The van der Waals surface area contributed by atoms with E-state index in [0.717, 1.165) is 10.6 Å². The highest BCUT2D eigenvalue weighted by molar-refractivity contribution is 7.09. The summed E-state index contributed by atoms with van der Waals surface area (Å²) in [7, 11) is 1.59. The summed E-state index contributed by atoms with van der Waals surface area (Å²) in [5.74, 6) is 0.156. The predicted octanol–water partition coefficient (Wildman–Crippen LogP) is 1.36. The lowest BCUT2D eigenvalue weighted by Gasteiger charge is -2.22. The first-order chi connectivity index (χ1) is 11.1. The molecular weight excluding hydrogens is 314 g/mol. The number of rotatable bonds is 7. The van der Waals surface area contributed by atoms with Gasteiger partial charge in [0, 0.05) is 10.6 Å². The van der Waals surface area contributed by atoms with Gasteiger partial charge in [0.15, 0.2) is 0 Å². The zero-order valence-corrected chi connectivity index (χ0v) is 13.6. The van der Waals surface area contributed by atoms with Crippen LogP contribution < -0.4 is 20.7 Å². The van der Waals surface area contributed by atoms with E-state index in [1.165, 1.54) is 0 Å². The molecule has 23 heavy (non-hydrogen) atoms. The van der Waals surface area contributed by atoms with Gasteiger partial charge in [-0.05, 0) is 35.7 Å². The van der Waals surface area contributed by atoms with Crippen LogP contribution in [0.2, 0.25) is 0 Å². The van der Waals surface area contributed by atoms with Crippen LogP contribution in [-0.2, 0) is 16.1 Å². The molecule has 2 amide bonds. The topological polar surface area (TPSA) is 84.7 Å². The Morgan fingerprint density at radius 2 is 2.00 bits per heavy atom. The van der Waals surface area contributed by atoms with Gasteiger partial charge < -0.3 is 20.7 Å². The lowest BCUT2D eigenvalue weighted by atomic mass is 10.2. The van der Waals surface area contributed by atoms with Gasteiger partial charge in [0.1, 0.15) is 5.75 Å². The molecule has 0 spiro atoms. The van der Waals surface area contributed by atoms with Gasteiger partial charge in [-0.15, -0.1) is 11.3 Å². The number of nitrogens with one attached hydrogen (secondary N) is 1. The summed E-state index contributed by atoms with van der Waals surface area (Å²) in [6, 6.07) is 11.1. The first-order valence-corrected chi connectivity index (χ1v) is 7.95. The summed E-state index contributed by atoms with van der Waals surface area (Å²) in [6.45, 7) is 0.218. The van der Waals surface area contributed by atoms with Crippen LogP contribution in [0.1, 0.15) is 4.88 Å². The second-order valence-corrected chi connectivity index (χ2v) is 5.77. The molecule has 7 heteroatoms. The van der Waals surface area contributed by atoms with Gasteiger partial charge in [-0.25, -0.2) is 0 Å². The molecule has 0 atom stereocenters. The van der Waals surface area contributed by atoms with Crippen LogP contribution in [0.3, 0.4) is 0 Å². The molecule has 0 unspecified atom stereocenters. The Morgan fingerprint density at radius 3 is 2.57 bits per heavy atom. The normalized spacial score (nSPS) is 10.2. The van der Waals surface area contributed by atoms with Crippen LogP contribution in [-0.4, -0.2) is 32.0 Å². The van der Waals surface area contributed by atoms with E-state index < -0.39 is 0 Å². The molecule has 1 heterocycles. The van der Waals surface area contributed by atoms with Gasteiger partial charge in [-0.3, -0.25) is 9.59 Å². The molecule has 0 radical (unpaired) electrons. The van der Waals surface area contributed by atoms with Crippen molar-refractivity contribution in [3.63, 3.8) is 0 Å². The van der Waals surface area contributed by atoms with Crippen molar-refractivity contribution in [2.75, 3.05) is 25.1 Å². The lowest BCUT2D eigenvalue weighted by molar-refractivity contribution is -0.124. The number of nitrogens with two attached hydrogens (primary N) is 1. The van der Waals surface area contributed by atoms with Crippen molar-refractivity contribution in [1.29, 1.82) is 0 Å². The maximum absolute atomic E-state index is 12.5. The summed E-state index contributed by atoms with van der Waals surface area (Å²) < 4.78 is 5.14. The zero-order chi connectivity index (χ0) is 16.7.